The summed E-state index contributed by atoms with van der Waals surface area (Å²) in [6, 6.07) is 13.8. The molecule has 1 aliphatic rings. The van der Waals surface area contributed by atoms with Gasteiger partial charge in [0.15, 0.2) is 0 Å². The number of halogens is 1. The number of hydrogen-bond acceptors (Lipinski definition) is 5. The maximum atomic E-state index is 12.8. The molecule has 2 aromatic carbocycles. The number of likely N-dealkylation sites (tertiary alicyclic amines) is 1. The van der Waals surface area contributed by atoms with E-state index in [9.17, 15) is 13.5 Å². The summed E-state index contributed by atoms with van der Waals surface area (Å²) in [4.78, 5) is 2.61. The second kappa shape index (κ2) is 12.0. The Morgan fingerprint density at radius 1 is 1.06 bits per heavy atom. The van der Waals surface area contributed by atoms with Crippen LogP contribution in [0.15, 0.2) is 57.9 Å². The monoisotopic (exact) mass is 524 g/mol. The maximum Gasteiger partial charge on any atom is 0.264 e. The second-order valence-corrected chi connectivity index (χ2v) is 11.2. The molecule has 1 heterocycles. The van der Waals surface area contributed by atoms with Crippen molar-refractivity contribution in [1.29, 1.82) is 0 Å². The molecule has 0 spiro atoms. The number of hydrogen-bond donors (Lipinski definition) is 1. The number of benzene rings is 2. The van der Waals surface area contributed by atoms with E-state index < -0.39 is 10.0 Å². The molecule has 3 rings (SSSR count). The van der Waals surface area contributed by atoms with E-state index in [-0.39, 0.29) is 11.0 Å². The molecule has 1 fully saturated rings. The van der Waals surface area contributed by atoms with Crippen LogP contribution in [0.25, 0.3) is 0 Å². The van der Waals surface area contributed by atoms with E-state index >= 15 is 0 Å². The predicted molar refractivity (Wildman–Crippen MR) is 132 cm³/mol. The lowest BCUT2D eigenvalue weighted by molar-refractivity contribution is 0.0697. The molecule has 32 heavy (non-hydrogen) atoms. The first kappa shape index (κ1) is 25.0. The number of aliphatic hydroxyl groups excluding tert-OH is 1. The normalized spacial score (nSPS) is 17.3. The minimum Gasteiger partial charge on any atom is -0.494 e. The van der Waals surface area contributed by atoms with Gasteiger partial charge in [-0.05, 0) is 87.3 Å². The summed E-state index contributed by atoms with van der Waals surface area (Å²) < 4.78 is 33.5. The molecular formula is C24H33BrN2O4S. The fourth-order valence-corrected chi connectivity index (χ4v) is 5.33. The Balaban J connectivity index is 1.37. The number of β-amino-alcohol motifs (C(OH)–C–C–N with tert-alkyl or cyclic N) is 1. The van der Waals surface area contributed by atoms with Gasteiger partial charge in [-0.1, -0.05) is 28.8 Å². The zero-order valence-corrected chi connectivity index (χ0v) is 21.0. The van der Waals surface area contributed by atoms with E-state index in [0.717, 1.165) is 68.4 Å². The van der Waals surface area contributed by atoms with E-state index in [0.29, 0.717) is 12.3 Å². The van der Waals surface area contributed by atoms with Crippen LogP contribution < -0.4 is 9.04 Å². The molecule has 1 saturated heterocycles. The Bertz CT molecular complexity index is 935. The fourth-order valence-electron chi connectivity index (χ4n) is 3.87. The molecule has 0 radical (unpaired) electrons. The highest BCUT2D eigenvalue weighted by molar-refractivity contribution is 9.10. The molecule has 8 heteroatoms. The fraction of sp³-hybridized carbons (Fsp3) is 0.500. The van der Waals surface area contributed by atoms with Crippen molar-refractivity contribution in [2.75, 3.05) is 37.6 Å². The first-order chi connectivity index (χ1) is 15.4. The zero-order chi connectivity index (χ0) is 23.0. The summed E-state index contributed by atoms with van der Waals surface area (Å²) in [5.41, 5.74) is 0.586. The van der Waals surface area contributed by atoms with Gasteiger partial charge in [-0.15, -0.1) is 0 Å². The van der Waals surface area contributed by atoms with E-state index in [2.05, 4.69) is 20.8 Å². The number of rotatable bonds is 11. The van der Waals surface area contributed by atoms with Crippen LogP contribution in [0.3, 0.4) is 0 Å². The van der Waals surface area contributed by atoms with Gasteiger partial charge in [0, 0.05) is 18.1 Å². The SMILES string of the molecule is CN(c1ccc(OCCCCCCN2CCCC(O)C2)cc1)S(=O)(=O)c1ccc(Br)cc1. The third-order valence-electron chi connectivity index (χ3n) is 5.79. The zero-order valence-electron chi connectivity index (χ0n) is 18.6. The highest BCUT2D eigenvalue weighted by atomic mass is 79.9. The summed E-state index contributed by atoms with van der Waals surface area (Å²) in [7, 11) is -2.06. The average molecular weight is 526 g/mol. The Hall–Kier alpha value is -1.61. The molecule has 1 unspecified atom stereocenters. The third-order valence-corrected chi connectivity index (χ3v) is 8.12. The number of sulfonamides is 1. The summed E-state index contributed by atoms with van der Waals surface area (Å²) in [5.74, 6) is 0.741. The molecule has 0 aromatic heterocycles. The van der Waals surface area contributed by atoms with Crippen LogP contribution in [-0.4, -0.2) is 57.8 Å². The minimum atomic E-state index is -3.61. The van der Waals surface area contributed by atoms with E-state index in [1.54, 1.807) is 43.4 Å². The number of nitrogens with zero attached hydrogens (tertiary/aromatic N) is 2. The third kappa shape index (κ3) is 7.20. The van der Waals surface area contributed by atoms with Gasteiger partial charge in [0.25, 0.3) is 10.0 Å². The lowest BCUT2D eigenvalue weighted by Gasteiger charge is -2.29. The first-order valence-electron chi connectivity index (χ1n) is 11.2. The van der Waals surface area contributed by atoms with Crippen molar-refractivity contribution in [2.24, 2.45) is 0 Å². The van der Waals surface area contributed by atoms with Crippen LogP contribution in [-0.2, 0) is 10.0 Å². The molecule has 0 amide bonds. The average Bonchev–Trinajstić information content (AvgIpc) is 2.79. The van der Waals surface area contributed by atoms with Crippen LogP contribution in [0.2, 0.25) is 0 Å². The van der Waals surface area contributed by atoms with E-state index in [4.69, 9.17) is 4.74 Å². The highest BCUT2D eigenvalue weighted by Gasteiger charge is 2.21. The van der Waals surface area contributed by atoms with E-state index in [1.165, 1.54) is 4.31 Å². The Labute approximate surface area is 200 Å². The van der Waals surface area contributed by atoms with Crippen molar-refractivity contribution in [3.63, 3.8) is 0 Å². The van der Waals surface area contributed by atoms with Gasteiger partial charge < -0.3 is 14.7 Å². The maximum absolute atomic E-state index is 12.8. The molecule has 1 N–H and O–H groups in total. The summed E-state index contributed by atoms with van der Waals surface area (Å²) in [6.07, 6.45) is 6.30. The summed E-state index contributed by atoms with van der Waals surface area (Å²) >= 11 is 3.33. The van der Waals surface area contributed by atoms with Gasteiger partial charge in [0.1, 0.15) is 5.75 Å². The lowest BCUT2D eigenvalue weighted by Crippen LogP contribution is -2.38. The van der Waals surface area contributed by atoms with Crippen molar-refractivity contribution < 1.29 is 18.3 Å². The molecule has 1 aliphatic heterocycles. The van der Waals surface area contributed by atoms with Gasteiger partial charge in [-0.25, -0.2) is 8.42 Å². The van der Waals surface area contributed by atoms with Gasteiger partial charge in [0.05, 0.1) is 23.3 Å². The number of unbranched alkanes of at least 4 members (excludes halogenated alkanes) is 3. The largest absolute Gasteiger partial charge is 0.494 e. The van der Waals surface area contributed by atoms with Gasteiger partial charge in [0.2, 0.25) is 0 Å². The molecule has 2 aromatic rings. The molecule has 0 aliphatic carbocycles. The number of piperidine rings is 1. The van der Waals surface area contributed by atoms with Crippen LogP contribution in [0.1, 0.15) is 38.5 Å². The second-order valence-electron chi connectivity index (χ2n) is 8.28. The Morgan fingerprint density at radius 2 is 1.75 bits per heavy atom. The van der Waals surface area contributed by atoms with Crippen LogP contribution in [0.5, 0.6) is 5.75 Å². The van der Waals surface area contributed by atoms with E-state index in [1.807, 2.05) is 12.1 Å². The summed E-state index contributed by atoms with van der Waals surface area (Å²) in [5, 5.41) is 9.72. The van der Waals surface area contributed by atoms with Crippen LogP contribution in [0, 0.1) is 0 Å². The molecule has 0 bridgehead atoms. The number of aliphatic hydroxyl groups is 1. The molecular weight excluding hydrogens is 492 g/mol. The van der Waals surface area contributed by atoms with Gasteiger partial charge >= 0.3 is 0 Å². The van der Waals surface area contributed by atoms with Crippen molar-refractivity contribution >= 4 is 31.6 Å². The lowest BCUT2D eigenvalue weighted by atomic mass is 10.1. The molecule has 1 atom stereocenters. The number of ether oxygens (including phenoxy) is 1. The Morgan fingerprint density at radius 3 is 2.44 bits per heavy atom. The van der Waals surface area contributed by atoms with Crippen molar-refractivity contribution in [2.45, 2.75) is 49.5 Å². The van der Waals surface area contributed by atoms with Crippen molar-refractivity contribution in [1.82, 2.24) is 4.90 Å². The highest BCUT2D eigenvalue weighted by Crippen LogP contribution is 2.25. The summed E-state index contributed by atoms with van der Waals surface area (Å²) in [6.45, 7) is 3.64. The van der Waals surface area contributed by atoms with Gasteiger partial charge in [-0.3, -0.25) is 4.31 Å². The molecule has 176 valence electrons. The van der Waals surface area contributed by atoms with Crippen LogP contribution in [0.4, 0.5) is 5.69 Å². The minimum absolute atomic E-state index is 0.149. The molecule has 0 saturated carbocycles. The predicted octanol–water partition coefficient (Wildman–Crippen LogP) is 4.67. The van der Waals surface area contributed by atoms with Crippen molar-refractivity contribution in [3.05, 3.63) is 53.0 Å². The quantitative estimate of drug-likeness (QED) is 0.432. The van der Waals surface area contributed by atoms with Crippen molar-refractivity contribution in [3.8, 4) is 5.75 Å². The Kier molecular flexibility index (Phi) is 9.40. The topological polar surface area (TPSA) is 70.1 Å². The standard InChI is InChI=1S/C24H33BrN2O4S/c1-26(32(29,30)24-14-8-20(25)9-15-24)21-10-12-23(13-11-21)31-18-5-3-2-4-16-27-17-6-7-22(28)19-27/h8-15,22,28H,2-7,16-19H2,1H3. The number of anilines is 1. The molecule has 6 nitrogen and oxygen atoms in total. The van der Waals surface area contributed by atoms with Gasteiger partial charge in [-0.2, -0.15) is 0 Å². The smallest absolute Gasteiger partial charge is 0.264 e. The first-order valence-corrected chi connectivity index (χ1v) is 13.5. The van der Waals surface area contributed by atoms with Crippen LogP contribution >= 0.6 is 15.9 Å².